The minimum atomic E-state index is -3.41. The predicted octanol–water partition coefficient (Wildman–Crippen LogP) is 0.260. The Hall–Kier alpha value is -1.78. The van der Waals surface area contributed by atoms with E-state index in [9.17, 15) is 13.2 Å². The number of carbonyl (C=O) groups excluding carboxylic acids is 1. The van der Waals surface area contributed by atoms with Crippen LogP contribution in [0.3, 0.4) is 0 Å². The summed E-state index contributed by atoms with van der Waals surface area (Å²) in [5.41, 5.74) is 1.90. The van der Waals surface area contributed by atoms with Gasteiger partial charge in [0.2, 0.25) is 11.9 Å². The first kappa shape index (κ1) is 20.9. The normalized spacial score (nSPS) is 20.0. The van der Waals surface area contributed by atoms with Crippen molar-refractivity contribution in [2.45, 2.75) is 26.7 Å². The Morgan fingerprint density at radius 1 is 1.00 bits per heavy atom. The largest absolute Gasteiger partial charge is 0.341 e. The van der Waals surface area contributed by atoms with Crippen LogP contribution in [0.15, 0.2) is 6.07 Å². The summed E-state index contributed by atoms with van der Waals surface area (Å²) >= 11 is 0. The molecule has 156 valence electrons. The topological polar surface area (TPSA) is 90.0 Å². The van der Waals surface area contributed by atoms with E-state index in [0.717, 1.165) is 43.3 Å². The van der Waals surface area contributed by atoms with Crippen LogP contribution in [0, 0.1) is 19.8 Å². The lowest BCUT2D eigenvalue weighted by Gasteiger charge is -2.38. The minimum absolute atomic E-state index is 0.0147. The van der Waals surface area contributed by atoms with Gasteiger partial charge >= 0.3 is 0 Å². The molecule has 0 spiro atoms. The third-order valence-corrected chi connectivity index (χ3v) is 7.38. The SMILES string of the molecule is Cc1cc(C)nc(N2CCC(C(=O)N3CCN(S(=O)(=O)N(C)C)CC3)CC2)n1. The molecule has 0 bridgehead atoms. The highest BCUT2D eigenvalue weighted by molar-refractivity contribution is 7.86. The molecule has 1 aromatic rings. The fourth-order valence-electron chi connectivity index (χ4n) is 3.80. The molecule has 0 saturated carbocycles. The standard InChI is InChI=1S/C18H30N6O3S/c1-14-13-15(2)20-18(19-14)23-7-5-16(6-8-23)17(25)22-9-11-24(12-10-22)28(26,27)21(3)4/h13,16H,5-12H2,1-4H3. The molecule has 2 aliphatic rings. The summed E-state index contributed by atoms with van der Waals surface area (Å²) in [4.78, 5) is 25.9. The Kier molecular flexibility index (Phi) is 6.21. The van der Waals surface area contributed by atoms with E-state index >= 15 is 0 Å². The van der Waals surface area contributed by atoms with Crippen LogP contribution < -0.4 is 4.90 Å². The first-order chi connectivity index (χ1) is 13.2. The Labute approximate surface area is 167 Å². The van der Waals surface area contributed by atoms with Gasteiger partial charge in [-0.15, -0.1) is 0 Å². The van der Waals surface area contributed by atoms with Crippen LogP contribution in [0.5, 0.6) is 0 Å². The molecule has 2 saturated heterocycles. The van der Waals surface area contributed by atoms with E-state index < -0.39 is 10.2 Å². The average Bonchev–Trinajstić information content (AvgIpc) is 2.67. The van der Waals surface area contributed by atoms with Crippen LogP contribution in [0.25, 0.3) is 0 Å². The first-order valence-electron chi connectivity index (χ1n) is 9.72. The van der Waals surface area contributed by atoms with E-state index in [1.165, 1.54) is 22.7 Å². The number of piperidine rings is 1. The van der Waals surface area contributed by atoms with Gasteiger partial charge < -0.3 is 9.80 Å². The van der Waals surface area contributed by atoms with E-state index in [0.29, 0.717) is 26.2 Å². The van der Waals surface area contributed by atoms with Crippen LogP contribution in [0.4, 0.5) is 5.95 Å². The summed E-state index contributed by atoms with van der Waals surface area (Å²) in [6.45, 7) is 7.04. The van der Waals surface area contributed by atoms with Gasteiger partial charge in [0, 0.05) is 70.7 Å². The van der Waals surface area contributed by atoms with Gasteiger partial charge in [0.05, 0.1) is 0 Å². The Morgan fingerprint density at radius 2 is 1.54 bits per heavy atom. The van der Waals surface area contributed by atoms with Crippen molar-refractivity contribution in [3.63, 3.8) is 0 Å². The van der Waals surface area contributed by atoms with Crippen LogP contribution in [0.1, 0.15) is 24.2 Å². The lowest BCUT2D eigenvalue weighted by molar-refractivity contribution is -0.137. The van der Waals surface area contributed by atoms with Crippen LogP contribution in [0.2, 0.25) is 0 Å². The van der Waals surface area contributed by atoms with E-state index in [4.69, 9.17) is 0 Å². The molecule has 3 heterocycles. The molecule has 1 aromatic heterocycles. The van der Waals surface area contributed by atoms with Crippen molar-refractivity contribution in [3.8, 4) is 0 Å². The fourth-order valence-corrected chi connectivity index (χ4v) is 4.89. The monoisotopic (exact) mass is 410 g/mol. The molecule has 0 atom stereocenters. The van der Waals surface area contributed by atoms with E-state index in [2.05, 4.69) is 14.9 Å². The third-order valence-electron chi connectivity index (χ3n) is 5.44. The summed E-state index contributed by atoms with van der Waals surface area (Å²) in [7, 11) is -0.355. The van der Waals surface area contributed by atoms with Crippen molar-refractivity contribution in [3.05, 3.63) is 17.5 Å². The quantitative estimate of drug-likeness (QED) is 0.707. The van der Waals surface area contributed by atoms with Crippen molar-refractivity contribution in [2.24, 2.45) is 5.92 Å². The molecule has 9 nitrogen and oxygen atoms in total. The maximum atomic E-state index is 12.9. The molecule has 0 aliphatic carbocycles. The second-order valence-corrected chi connectivity index (χ2v) is 9.87. The molecule has 1 amide bonds. The summed E-state index contributed by atoms with van der Waals surface area (Å²) in [5, 5.41) is 0. The van der Waals surface area contributed by atoms with Gasteiger partial charge in [0.25, 0.3) is 10.2 Å². The zero-order valence-corrected chi connectivity index (χ0v) is 17.9. The number of piperazine rings is 1. The Balaban J connectivity index is 1.53. The van der Waals surface area contributed by atoms with Crippen molar-refractivity contribution in [1.29, 1.82) is 0 Å². The third kappa shape index (κ3) is 4.44. The molecule has 0 unspecified atom stereocenters. The number of aryl methyl sites for hydroxylation is 2. The van der Waals surface area contributed by atoms with Crippen LogP contribution in [-0.4, -0.2) is 91.2 Å². The summed E-state index contributed by atoms with van der Waals surface area (Å²) < 4.78 is 27.1. The smallest absolute Gasteiger partial charge is 0.281 e. The van der Waals surface area contributed by atoms with Crippen LogP contribution >= 0.6 is 0 Å². The number of carbonyl (C=O) groups is 1. The first-order valence-corrected chi connectivity index (χ1v) is 11.1. The Bertz CT molecular complexity index is 792. The summed E-state index contributed by atoms with van der Waals surface area (Å²) in [5.74, 6) is 0.868. The van der Waals surface area contributed by atoms with Gasteiger partial charge in [0.15, 0.2) is 0 Å². The van der Waals surface area contributed by atoms with Crippen molar-refractivity contribution >= 4 is 22.1 Å². The zero-order valence-electron chi connectivity index (χ0n) is 17.1. The Morgan fingerprint density at radius 3 is 2.04 bits per heavy atom. The van der Waals surface area contributed by atoms with E-state index in [1.54, 1.807) is 0 Å². The van der Waals surface area contributed by atoms with Gasteiger partial charge in [-0.05, 0) is 32.8 Å². The lowest BCUT2D eigenvalue weighted by Crippen LogP contribution is -2.54. The van der Waals surface area contributed by atoms with E-state index in [1.807, 2.05) is 24.8 Å². The summed E-state index contributed by atoms with van der Waals surface area (Å²) in [6.07, 6.45) is 1.54. The van der Waals surface area contributed by atoms with Crippen molar-refractivity contribution < 1.29 is 13.2 Å². The number of hydrogen-bond acceptors (Lipinski definition) is 6. The molecule has 2 aliphatic heterocycles. The number of nitrogens with zero attached hydrogens (tertiary/aromatic N) is 6. The summed E-state index contributed by atoms with van der Waals surface area (Å²) in [6, 6.07) is 1.95. The maximum Gasteiger partial charge on any atom is 0.281 e. The highest BCUT2D eigenvalue weighted by atomic mass is 32.2. The highest BCUT2D eigenvalue weighted by Gasteiger charge is 2.34. The van der Waals surface area contributed by atoms with Crippen LogP contribution in [-0.2, 0) is 15.0 Å². The average molecular weight is 411 g/mol. The molecule has 10 heteroatoms. The van der Waals surface area contributed by atoms with Crippen molar-refractivity contribution in [2.75, 3.05) is 58.3 Å². The predicted molar refractivity (Wildman–Crippen MR) is 107 cm³/mol. The van der Waals surface area contributed by atoms with Gasteiger partial charge in [-0.25, -0.2) is 9.97 Å². The number of rotatable bonds is 4. The molecule has 28 heavy (non-hydrogen) atoms. The minimum Gasteiger partial charge on any atom is -0.341 e. The molecular formula is C18H30N6O3S. The number of aromatic nitrogens is 2. The zero-order chi connectivity index (χ0) is 20.5. The molecule has 0 aromatic carbocycles. The second kappa shape index (κ2) is 8.30. The fraction of sp³-hybridized carbons (Fsp3) is 0.722. The van der Waals surface area contributed by atoms with Gasteiger partial charge in [-0.2, -0.15) is 17.0 Å². The highest BCUT2D eigenvalue weighted by Crippen LogP contribution is 2.24. The molecule has 2 fully saturated rings. The lowest BCUT2D eigenvalue weighted by atomic mass is 9.95. The molecular weight excluding hydrogens is 380 g/mol. The van der Waals surface area contributed by atoms with Gasteiger partial charge in [0.1, 0.15) is 0 Å². The van der Waals surface area contributed by atoms with Gasteiger partial charge in [-0.1, -0.05) is 0 Å². The van der Waals surface area contributed by atoms with Gasteiger partial charge in [-0.3, -0.25) is 4.79 Å². The molecule has 0 N–H and O–H groups in total. The molecule has 0 radical (unpaired) electrons. The number of amides is 1. The van der Waals surface area contributed by atoms with E-state index in [-0.39, 0.29) is 11.8 Å². The second-order valence-electron chi connectivity index (χ2n) is 7.73. The van der Waals surface area contributed by atoms with Crippen molar-refractivity contribution in [1.82, 2.24) is 23.5 Å². The maximum absolute atomic E-state index is 12.9. The number of hydrogen-bond donors (Lipinski definition) is 0. The molecule has 3 rings (SSSR count). The number of anilines is 1.